The van der Waals surface area contributed by atoms with Crippen molar-refractivity contribution >= 4 is 0 Å². The van der Waals surface area contributed by atoms with Crippen molar-refractivity contribution < 1.29 is 0 Å². The van der Waals surface area contributed by atoms with Crippen LogP contribution in [0.2, 0.25) is 0 Å². The molecule has 2 heteroatoms. The molecule has 0 amide bonds. The van der Waals surface area contributed by atoms with Gasteiger partial charge in [-0.3, -0.25) is 4.98 Å². The minimum atomic E-state index is 0.491. The number of hydrogen-bond donors (Lipinski definition) is 1. The molecular formula is C15H24N2. The summed E-state index contributed by atoms with van der Waals surface area (Å²) in [7, 11) is 0. The van der Waals surface area contributed by atoms with Gasteiger partial charge in [0.25, 0.3) is 0 Å². The average molecular weight is 232 g/mol. The Morgan fingerprint density at radius 3 is 2.41 bits per heavy atom. The molecule has 1 aliphatic carbocycles. The second-order valence-electron chi connectivity index (χ2n) is 6.27. The van der Waals surface area contributed by atoms with Crippen LogP contribution in [0.5, 0.6) is 0 Å². The summed E-state index contributed by atoms with van der Waals surface area (Å²) in [6.07, 6.45) is 2.89. The van der Waals surface area contributed by atoms with Crippen molar-refractivity contribution in [2.75, 3.05) is 13.1 Å². The molecule has 0 bridgehead atoms. The lowest BCUT2D eigenvalue weighted by Gasteiger charge is -2.05. The maximum atomic E-state index is 4.33. The first-order chi connectivity index (χ1) is 7.96. The average Bonchev–Trinajstić information content (AvgIpc) is 2.67. The van der Waals surface area contributed by atoms with Gasteiger partial charge in [0.1, 0.15) is 0 Å². The Hall–Kier alpha value is -0.890. The van der Waals surface area contributed by atoms with Gasteiger partial charge in [-0.1, -0.05) is 33.8 Å². The molecule has 0 saturated heterocycles. The number of aromatic nitrogens is 1. The van der Waals surface area contributed by atoms with Crippen molar-refractivity contribution in [2.24, 2.45) is 16.7 Å². The molecule has 0 radical (unpaired) electrons. The molecule has 2 rings (SSSR count). The van der Waals surface area contributed by atoms with Crippen LogP contribution in [-0.2, 0) is 6.42 Å². The monoisotopic (exact) mass is 232 g/mol. The zero-order valence-electron chi connectivity index (χ0n) is 11.5. The number of hydrogen-bond acceptors (Lipinski definition) is 2. The van der Waals surface area contributed by atoms with E-state index >= 15 is 0 Å². The topological polar surface area (TPSA) is 24.9 Å². The summed E-state index contributed by atoms with van der Waals surface area (Å²) in [5, 5.41) is 3.57. The lowest BCUT2D eigenvalue weighted by Crippen LogP contribution is -2.22. The Labute approximate surface area is 105 Å². The largest absolute Gasteiger partial charge is 0.316 e. The molecule has 0 aromatic carbocycles. The molecule has 0 atom stereocenters. The predicted octanol–water partition coefficient (Wildman–Crippen LogP) is 2.90. The van der Waals surface area contributed by atoms with Crippen molar-refractivity contribution in [1.29, 1.82) is 0 Å². The highest BCUT2D eigenvalue weighted by molar-refractivity contribution is 5.13. The fraction of sp³-hybridized carbons (Fsp3) is 0.667. The SMILES string of the molecule is CC1(C)C(CNCCc2ccccn2)C1(C)C. The van der Waals surface area contributed by atoms with E-state index in [4.69, 9.17) is 0 Å². The second kappa shape index (κ2) is 4.41. The summed E-state index contributed by atoms with van der Waals surface area (Å²) >= 11 is 0. The highest BCUT2D eigenvalue weighted by atomic mass is 14.9. The molecule has 0 aliphatic heterocycles. The summed E-state index contributed by atoms with van der Waals surface area (Å²) in [6.45, 7) is 11.7. The first kappa shape index (κ1) is 12.6. The summed E-state index contributed by atoms with van der Waals surface area (Å²) in [4.78, 5) is 4.33. The van der Waals surface area contributed by atoms with E-state index < -0.39 is 0 Å². The second-order valence-corrected chi connectivity index (χ2v) is 6.27. The van der Waals surface area contributed by atoms with Crippen LogP contribution < -0.4 is 5.32 Å². The highest BCUT2D eigenvalue weighted by Gasteiger charge is 2.63. The Kier molecular flexibility index (Phi) is 3.26. The van der Waals surface area contributed by atoms with Crippen molar-refractivity contribution in [2.45, 2.75) is 34.1 Å². The van der Waals surface area contributed by atoms with Crippen LogP contribution in [0, 0.1) is 16.7 Å². The van der Waals surface area contributed by atoms with E-state index in [1.54, 1.807) is 0 Å². The molecule has 1 saturated carbocycles. The van der Waals surface area contributed by atoms with Crippen molar-refractivity contribution in [3.63, 3.8) is 0 Å². The smallest absolute Gasteiger partial charge is 0.0416 e. The molecule has 1 heterocycles. The van der Waals surface area contributed by atoms with Gasteiger partial charge in [-0.25, -0.2) is 0 Å². The Bertz CT molecular complexity index is 354. The first-order valence-electron chi connectivity index (χ1n) is 6.57. The number of rotatable bonds is 5. The quantitative estimate of drug-likeness (QED) is 0.790. The zero-order chi connectivity index (χ0) is 12.5. The predicted molar refractivity (Wildman–Crippen MR) is 71.9 cm³/mol. The van der Waals surface area contributed by atoms with Crippen molar-refractivity contribution in [1.82, 2.24) is 10.3 Å². The zero-order valence-corrected chi connectivity index (χ0v) is 11.5. The van der Waals surface area contributed by atoms with Crippen LogP contribution in [0.4, 0.5) is 0 Å². The van der Waals surface area contributed by atoms with Crippen molar-refractivity contribution in [3.05, 3.63) is 30.1 Å². The van der Waals surface area contributed by atoms with Gasteiger partial charge in [0.15, 0.2) is 0 Å². The molecule has 94 valence electrons. The van der Waals surface area contributed by atoms with E-state index in [-0.39, 0.29) is 0 Å². The number of nitrogens with one attached hydrogen (secondary N) is 1. The van der Waals surface area contributed by atoms with Gasteiger partial charge < -0.3 is 5.32 Å². The lowest BCUT2D eigenvalue weighted by molar-refractivity contribution is 0.457. The van der Waals surface area contributed by atoms with E-state index in [1.165, 1.54) is 5.69 Å². The summed E-state index contributed by atoms with van der Waals surface area (Å²) in [5.74, 6) is 0.804. The van der Waals surface area contributed by atoms with Gasteiger partial charge in [-0.2, -0.15) is 0 Å². The first-order valence-corrected chi connectivity index (χ1v) is 6.57. The molecule has 2 nitrogen and oxygen atoms in total. The number of pyridine rings is 1. The molecule has 0 unspecified atom stereocenters. The molecule has 17 heavy (non-hydrogen) atoms. The van der Waals surface area contributed by atoms with Crippen LogP contribution in [0.1, 0.15) is 33.4 Å². The maximum absolute atomic E-state index is 4.33. The minimum absolute atomic E-state index is 0.491. The van der Waals surface area contributed by atoms with E-state index in [2.05, 4.69) is 50.1 Å². The third-order valence-electron chi connectivity index (χ3n) is 4.95. The van der Waals surface area contributed by atoms with E-state index in [9.17, 15) is 0 Å². The third kappa shape index (κ3) is 2.37. The Balaban J connectivity index is 1.69. The highest BCUT2D eigenvalue weighted by Crippen LogP contribution is 2.67. The number of nitrogens with zero attached hydrogens (tertiary/aromatic N) is 1. The van der Waals surface area contributed by atoms with Gasteiger partial charge in [-0.15, -0.1) is 0 Å². The van der Waals surface area contributed by atoms with Crippen LogP contribution in [0.15, 0.2) is 24.4 Å². The fourth-order valence-corrected chi connectivity index (χ4v) is 2.85. The van der Waals surface area contributed by atoms with Gasteiger partial charge in [0, 0.05) is 24.9 Å². The minimum Gasteiger partial charge on any atom is -0.316 e. The van der Waals surface area contributed by atoms with E-state index in [0.717, 1.165) is 25.4 Å². The van der Waals surface area contributed by atoms with Gasteiger partial charge in [-0.05, 0) is 35.4 Å². The standard InChI is InChI=1S/C15H24N2/c1-14(2)13(15(14,3)4)11-16-10-8-12-7-5-6-9-17-12/h5-7,9,13,16H,8,10-11H2,1-4H3. The molecule has 1 aromatic heterocycles. The molecule has 1 aromatic rings. The molecule has 1 N–H and O–H groups in total. The molecule has 1 fully saturated rings. The van der Waals surface area contributed by atoms with E-state index in [0.29, 0.717) is 10.8 Å². The molecule has 0 spiro atoms. The molecule has 1 aliphatic rings. The summed E-state index contributed by atoms with van der Waals surface area (Å²) < 4.78 is 0. The van der Waals surface area contributed by atoms with Crippen LogP contribution >= 0.6 is 0 Å². The normalized spacial score (nSPS) is 21.4. The van der Waals surface area contributed by atoms with Crippen molar-refractivity contribution in [3.8, 4) is 0 Å². The van der Waals surface area contributed by atoms with Gasteiger partial charge in [0.2, 0.25) is 0 Å². The third-order valence-corrected chi connectivity index (χ3v) is 4.95. The summed E-state index contributed by atoms with van der Waals surface area (Å²) in [6, 6.07) is 6.11. The fourth-order valence-electron chi connectivity index (χ4n) is 2.85. The van der Waals surface area contributed by atoms with Crippen LogP contribution in [0.3, 0.4) is 0 Å². The lowest BCUT2D eigenvalue weighted by atomic mass is 10.0. The van der Waals surface area contributed by atoms with Gasteiger partial charge >= 0.3 is 0 Å². The van der Waals surface area contributed by atoms with Crippen LogP contribution in [-0.4, -0.2) is 18.1 Å². The Morgan fingerprint density at radius 2 is 1.88 bits per heavy atom. The van der Waals surface area contributed by atoms with Crippen LogP contribution in [0.25, 0.3) is 0 Å². The summed E-state index contributed by atoms with van der Waals surface area (Å²) in [5.41, 5.74) is 2.16. The maximum Gasteiger partial charge on any atom is 0.0416 e. The van der Waals surface area contributed by atoms with E-state index in [1.807, 2.05) is 12.3 Å². The molecular weight excluding hydrogens is 208 g/mol. The Morgan fingerprint density at radius 1 is 1.18 bits per heavy atom. The van der Waals surface area contributed by atoms with Gasteiger partial charge in [0.05, 0.1) is 0 Å².